The van der Waals surface area contributed by atoms with Crippen LogP contribution in [-0.2, 0) is 14.3 Å². The lowest BCUT2D eigenvalue weighted by atomic mass is 9.53. The van der Waals surface area contributed by atoms with E-state index in [2.05, 4.69) is 10.6 Å². The van der Waals surface area contributed by atoms with Crippen molar-refractivity contribution in [3.8, 4) is 0 Å². The Labute approximate surface area is 138 Å². The summed E-state index contributed by atoms with van der Waals surface area (Å²) in [7, 11) is 0. The summed E-state index contributed by atoms with van der Waals surface area (Å²) in [5.41, 5.74) is -0.0933. The van der Waals surface area contributed by atoms with E-state index in [1.54, 1.807) is 0 Å². The molecule has 4 rings (SSSR count). The third-order valence-corrected chi connectivity index (χ3v) is 5.68. The maximum atomic E-state index is 12.2. The molecule has 5 heteroatoms. The monoisotopic (exact) mass is 322 g/mol. The van der Waals surface area contributed by atoms with E-state index in [4.69, 9.17) is 4.74 Å². The topological polar surface area (TPSA) is 67.4 Å². The largest absolute Gasteiger partial charge is 0.379 e. The van der Waals surface area contributed by atoms with Gasteiger partial charge in [0.1, 0.15) is 0 Å². The molecule has 2 amide bonds. The number of hydrogen-bond donors (Lipinski definition) is 2. The Kier molecular flexibility index (Phi) is 4.95. The van der Waals surface area contributed by atoms with Crippen molar-refractivity contribution < 1.29 is 14.3 Å². The predicted octanol–water partition coefficient (Wildman–Crippen LogP) is 2.00. The van der Waals surface area contributed by atoms with Gasteiger partial charge in [0.05, 0.1) is 6.10 Å². The molecule has 4 fully saturated rings. The molecule has 0 aromatic rings. The molecule has 4 saturated carbocycles. The van der Waals surface area contributed by atoms with Crippen molar-refractivity contribution in [2.24, 2.45) is 17.8 Å². The molecule has 0 aliphatic heterocycles. The zero-order valence-corrected chi connectivity index (χ0v) is 14.4. The van der Waals surface area contributed by atoms with Crippen LogP contribution in [0.4, 0.5) is 0 Å². The maximum Gasteiger partial charge on any atom is 0.309 e. The molecule has 4 aliphatic carbocycles. The molecule has 2 N–H and O–H groups in total. The fourth-order valence-electron chi connectivity index (χ4n) is 5.23. The smallest absolute Gasteiger partial charge is 0.309 e. The second kappa shape index (κ2) is 6.80. The van der Waals surface area contributed by atoms with Crippen molar-refractivity contribution in [2.75, 3.05) is 13.2 Å². The Balaban J connectivity index is 1.43. The normalized spacial score (nSPS) is 34.7. The van der Waals surface area contributed by atoms with Crippen molar-refractivity contribution >= 4 is 11.8 Å². The molecule has 0 radical (unpaired) electrons. The van der Waals surface area contributed by atoms with E-state index in [0.717, 1.165) is 43.4 Å². The minimum absolute atomic E-state index is 0.0933. The number of carbonyl (C=O) groups excluding carboxylic acids is 2. The highest BCUT2D eigenvalue weighted by Crippen LogP contribution is 2.55. The highest BCUT2D eigenvalue weighted by atomic mass is 16.5. The van der Waals surface area contributed by atoms with Gasteiger partial charge in [-0.25, -0.2) is 0 Å². The lowest BCUT2D eigenvalue weighted by Crippen LogP contribution is -2.61. The predicted molar refractivity (Wildman–Crippen MR) is 87.8 cm³/mol. The number of hydrogen-bond acceptors (Lipinski definition) is 3. The lowest BCUT2D eigenvalue weighted by Gasteiger charge is -2.56. The Morgan fingerprint density at radius 1 is 1.04 bits per heavy atom. The van der Waals surface area contributed by atoms with E-state index < -0.39 is 11.8 Å². The van der Waals surface area contributed by atoms with Gasteiger partial charge in [0.15, 0.2) is 0 Å². The minimum atomic E-state index is -0.495. The summed E-state index contributed by atoms with van der Waals surface area (Å²) >= 11 is 0. The van der Waals surface area contributed by atoms with Gasteiger partial charge in [-0.2, -0.15) is 0 Å². The van der Waals surface area contributed by atoms with Gasteiger partial charge < -0.3 is 15.4 Å². The Bertz CT molecular complexity index is 426. The van der Waals surface area contributed by atoms with E-state index in [0.29, 0.717) is 13.2 Å². The minimum Gasteiger partial charge on any atom is -0.379 e. The molecule has 0 aromatic carbocycles. The van der Waals surface area contributed by atoms with Gasteiger partial charge in [-0.15, -0.1) is 0 Å². The molecular formula is C18H30N2O3. The molecule has 5 nitrogen and oxygen atoms in total. The van der Waals surface area contributed by atoms with E-state index in [9.17, 15) is 9.59 Å². The van der Waals surface area contributed by atoms with Crippen molar-refractivity contribution in [1.82, 2.24) is 10.6 Å². The zero-order valence-electron chi connectivity index (χ0n) is 14.4. The third-order valence-electron chi connectivity index (χ3n) is 5.68. The van der Waals surface area contributed by atoms with E-state index >= 15 is 0 Å². The van der Waals surface area contributed by atoms with Gasteiger partial charge in [0.2, 0.25) is 0 Å². The Morgan fingerprint density at radius 3 is 2.13 bits per heavy atom. The van der Waals surface area contributed by atoms with Crippen LogP contribution in [0.1, 0.15) is 58.8 Å². The molecule has 0 unspecified atom stereocenters. The van der Waals surface area contributed by atoms with Gasteiger partial charge in [-0.3, -0.25) is 9.59 Å². The van der Waals surface area contributed by atoms with Crippen LogP contribution in [-0.4, -0.2) is 36.6 Å². The molecule has 23 heavy (non-hydrogen) atoms. The van der Waals surface area contributed by atoms with Crippen LogP contribution >= 0.6 is 0 Å². The first kappa shape index (κ1) is 16.7. The third kappa shape index (κ3) is 4.06. The number of carbonyl (C=O) groups is 2. The van der Waals surface area contributed by atoms with Crippen LogP contribution in [0.25, 0.3) is 0 Å². The summed E-state index contributed by atoms with van der Waals surface area (Å²) in [5.74, 6) is 1.34. The summed E-state index contributed by atoms with van der Waals surface area (Å²) in [6, 6.07) is 0. The Hall–Kier alpha value is -1.10. The van der Waals surface area contributed by atoms with E-state index in [1.807, 2.05) is 13.8 Å². The lowest BCUT2D eigenvalue weighted by molar-refractivity contribution is -0.142. The fraction of sp³-hybridized carbons (Fsp3) is 0.889. The van der Waals surface area contributed by atoms with Gasteiger partial charge in [0.25, 0.3) is 0 Å². The van der Waals surface area contributed by atoms with Crippen LogP contribution in [0, 0.1) is 17.8 Å². The highest BCUT2D eigenvalue weighted by molar-refractivity contribution is 6.35. The van der Waals surface area contributed by atoms with Crippen molar-refractivity contribution in [2.45, 2.75) is 70.4 Å². The molecule has 0 aromatic heterocycles. The fourth-order valence-corrected chi connectivity index (χ4v) is 5.23. The SMILES string of the molecule is CC(C)OCCCNC(=O)C(=O)NC12CC3CC(CC(C3)C1)C2. The second-order valence-electron chi connectivity index (χ2n) is 8.18. The molecule has 0 spiro atoms. The number of rotatable bonds is 6. The molecule has 0 heterocycles. The quantitative estimate of drug-likeness (QED) is 0.580. The second-order valence-corrected chi connectivity index (χ2v) is 8.18. The molecular weight excluding hydrogens is 292 g/mol. The van der Waals surface area contributed by atoms with Crippen LogP contribution < -0.4 is 10.6 Å². The first-order chi connectivity index (χ1) is 11.0. The molecule has 0 saturated heterocycles. The molecule has 0 atom stereocenters. The molecule has 130 valence electrons. The number of ether oxygens (including phenoxy) is 1. The summed E-state index contributed by atoms with van der Waals surface area (Å²) in [6.45, 7) is 5.06. The first-order valence-electron chi connectivity index (χ1n) is 9.18. The van der Waals surface area contributed by atoms with Gasteiger partial charge >= 0.3 is 11.8 Å². The summed E-state index contributed by atoms with van der Waals surface area (Å²) < 4.78 is 5.42. The zero-order chi connectivity index (χ0) is 16.4. The van der Waals surface area contributed by atoms with Crippen LogP contribution in [0.5, 0.6) is 0 Å². The maximum absolute atomic E-state index is 12.2. The van der Waals surface area contributed by atoms with Crippen molar-refractivity contribution in [3.63, 3.8) is 0 Å². The standard InChI is InChI=1S/C18H30N2O3/c1-12(2)23-5-3-4-19-16(21)17(22)20-18-9-13-6-14(10-18)8-15(7-13)11-18/h12-15H,3-11H2,1-2H3,(H,19,21)(H,20,22). The first-order valence-corrected chi connectivity index (χ1v) is 9.18. The summed E-state index contributed by atoms with van der Waals surface area (Å²) in [4.78, 5) is 24.2. The van der Waals surface area contributed by atoms with Gasteiger partial charge in [0, 0.05) is 18.7 Å². The van der Waals surface area contributed by atoms with Crippen LogP contribution in [0.3, 0.4) is 0 Å². The van der Waals surface area contributed by atoms with Crippen LogP contribution in [0.15, 0.2) is 0 Å². The van der Waals surface area contributed by atoms with Gasteiger partial charge in [-0.1, -0.05) is 0 Å². The summed E-state index contributed by atoms with van der Waals surface area (Å²) in [6.07, 6.45) is 8.13. The number of amides is 2. The number of nitrogens with one attached hydrogen (secondary N) is 2. The van der Waals surface area contributed by atoms with E-state index in [1.165, 1.54) is 19.3 Å². The summed E-state index contributed by atoms with van der Waals surface area (Å²) in [5, 5.41) is 5.81. The molecule has 4 bridgehead atoms. The van der Waals surface area contributed by atoms with Gasteiger partial charge in [-0.05, 0) is 76.5 Å². The van der Waals surface area contributed by atoms with E-state index in [-0.39, 0.29) is 11.6 Å². The highest BCUT2D eigenvalue weighted by Gasteiger charge is 2.51. The average Bonchev–Trinajstić information content (AvgIpc) is 2.44. The Morgan fingerprint density at radius 2 is 1.61 bits per heavy atom. The van der Waals surface area contributed by atoms with Crippen LogP contribution in [0.2, 0.25) is 0 Å². The molecule has 4 aliphatic rings. The average molecular weight is 322 g/mol. The van der Waals surface area contributed by atoms with Crippen molar-refractivity contribution in [3.05, 3.63) is 0 Å². The van der Waals surface area contributed by atoms with Crippen molar-refractivity contribution in [1.29, 1.82) is 0 Å².